The highest BCUT2D eigenvalue weighted by Crippen LogP contribution is 2.26. The molecule has 23 heavy (non-hydrogen) atoms. The molecule has 0 bridgehead atoms. The summed E-state index contributed by atoms with van der Waals surface area (Å²) >= 11 is 0. The Balaban J connectivity index is 2.41. The number of aliphatic hydroxyl groups is 1. The topological polar surface area (TPSA) is 43.8 Å². The van der Waals surface area contributed by atoms with E-state index in [-0.39, 0.29) is 12.5 Å². The van der Waals surface area contributed by atoms with E-state index < -0.39 is 0 Å². The fourth-order valence-electron chi connectivity index (χ4n) is 2.60. The Morgan fingerprint density at radius 2 is 1.78 bits per heavy atom. The first-order valence-corrected chi connectivity index (χ1v) is 7.62. The van der Waals surface area contributed by atoms with Gasteiger partial charge in [-0.1, -0.05) is 30.3 Å². The summed E-state index contributed by atoms with van der Waals surface area (Å²) in [5.41, 5.74) is 4.58. The van der Waals surface area contributed by atoms with Gasteiger partial charge < -0.3 is 14.9 Å². The van der Waals surface area contributed by atoms with E-state index in [2.05, 4.69) is 11.0 Å². The molecule has 1 amide bonds. The molecule has 0 aliphatic heterocycles. The molecule has 0 atom stereocenters. The Bertz CT molecular complexity index is 694. The van der Waals surface area contributed by atoms with E-state index in [9.17, 15) is 9.90 Å². The fourth-order valence-corrected chi connectivity index (χ4v) is 2.60. The number of carbonyl (C=O) groups excluding carboxylic acids is 1. The minimum atomic E-state index is -0.0263. The van der Waals surface area contributed by atoms with Gasteiger partial charge in [-0.25, -0.2) is 0 Å². The van der Waals surface area contributed by atoms with Crippen LogP contribution in [-0.4, -0.2) is 49.0 Å². The van der Waals surface area contributed by atoms with Gasteiger partial charge in [-0.15, -0.1) is 0 Å². The largest absolute Gasteiger partial charge is 0.392 e. The third-order valence-corrected chi connectivity index (χ3v) is 3.67. The first-order chi connectivity index (χ1) is 10.9. The summed E-state index contributed by atoms with van der Waals surface area (Å²) < 4.78 is 0. The Labute approximate surface area is 138 Å². The van der Waals surface area contributed by atoms with Gasteiger partial charge in [0.2, 0.25) is 0 Å². The molecule has 0 unspecified atom stereocenters. The first-order valence-electron chi connectivity index (χ1n) is 7.62. The van der Waals surface area contributed by atoms with Gasteiger partial charge in [-0.3, -0.25) is 4.79 Å². The number of benzene rings is 2. The van der Waals surface area contributed by atoms with Crippen LogP contribution in [0.25, 0.3) is 11.1 Å². The van der Waals surface area contributed by atoms with Crippen LogP contribution in [-0.2, 0) is 13.2 Å². The molecule has 0 radical (unpaired) electrons. The van der Waals surface area contributed by atoms with Crippen molar-refractivity contribution < 1.29 is 9.90 Å². The molecular formula is C19H24N2O2. The molecule has 2 aromatic carbocycles. The Hall–Kier alpha value is -2.17. The lowest BCUT2D eigenvalue weighted by Gasteiger charge is -2.15. The van der Waals surface area contributed by atoms with E-state index in [0.717, 1.165) is 28.8 Å². The SMILES string of the molecule is CN(C)Cc1ccc(-c2cccc(C(=O)N(C)C)c2)c(CO)c1. The maximum absolute atomic E-state index is 12.1. The van der Waals surface area contributed by atoms with E-state index in [0.29, 0.717) is 5.56 Å². The number of aliphatic hydroxyl groups excluding tert-OH is 1. The molecule has 0 aliphatic rings. The lowest BCUT2D eigenvalue weighted by molar-refractivity contribution is 0.0827. The molecule has 0 spiro atoms. The van der Waals surface area contributed by atoms with E-state index in [1.807, 2.05) is 50.5 Å². The average molecular weight is 312 g/mol. The molecule has 4 nitrogen and oxygen atoms in total. The molecule has 0 saturated carbocycles. The van der Waals surface area contributed by atoms with Gasteiger partial charge >= 0.3 is 0 Å². The molecule has 0 heterocycles. The standard InChI is InChI=1S/C19H24N2O2/c1-20(2)12-14-8-9-18(17(10-14)13-22)15-6-5-7-16(11-15)19(23)21(3)4/h5-11,22H,12-13H2,1-4H3. The van der Waals surface area contributed by atoms with Crippen LogP contribution < -0.4 is 0 Å². The van der Waals surface area contributed by atoms with Crippen LogP contribution in [0.2, 0.25) is 0 Å². The van der Waals surface area contributed by atoms with Gasteiger partial charge in [0.25, 0.3) is 5.91 Å². The van der Waals surface area contributed by atoms with Crippen LogP contribution in [0.5, 0.6) is 0 Å². The molecule has 2 aromatic rings. The van der Waals surface area contributed by atoms with Crippen LogP contribution in [0.4, 0.5) is 0 Å². The molecule has 122 valence electrons. The predicted octanol–water partition coefficient (Wildman–Crippen LogP) is 2.61. The zero-order valence-electron chi connectivity index (χ0n) is 14.2. The van der Waals surface area contributed by atoms with E-state index >= 15 is 0 Å². The van der Waals surface area contributed by atoms with Gasteiger partial charge in [0, 0.05) is 26.2 Å². The molecule has 1 N–H and O–H groups in total. The van der Waals surface area contributed by atoms with E-state index in [1.165, 1.54) is 0 Å². The van der Waals surface area contributed by atoms with E-state index in [1.54, 1.807) is 19.0 Å². The Kier molecular flexibility index (Phi) is 5.53. The van der Waals surface area contributed by atoms with Crippen molar-refractivity contribution >= 4 is 5.91 Å². The fraction of sp³-hybridized carbons (Fsp3) is 0.316. The Morgan fingerprint density at radius 1 is 1.04 bits per heavy atom. The van der Waals surface area contributed by atoms with Crippen molar-refractivity contribution in [3.8, 4) is 11.1 Å². The second kappa shape index (κ2) is 7.40. The first kappa shape index (κ1) is 17.2. The second-order valence-electron chi connectivity index (χ2n) is 6.17. The van der Waals surface area contributed by atoms with Crippen molar-refractivity contribution in [2.45, 2.75) is 13.2 Å². The third-order valence-electron chi connectivity index (χ3n) is 3.67. The molecule has 2 rings (SSSR count). The lowest BCUT2D eigenvalue weighted by atomic mass is 9.96. The molecule has 0 saturated heterocycles. The quantitative estimate of drug-likeness (QED) is 0.923. The average Bonchev–Trinajstić information content (AvgIpc) is 2.53. The van der Waals surface area contributed by atoms with Crippen LogP contribution in [0, 0.1) is 0 Å². The van der Waals surface area contributed by atoms with Gasteiger partial charge in [0.15, 0.2) is 0 Å². The molecular weight excluding hydrogens is 288 g/mol. The monoisotopic (exact) mass is 312 g/mol. The highest BCUT2D eigenvalue weighted by Gasteiger charge is 2.11. The maximum atomic E-state index is 12.1. The van der Waals surface area contributed by atoms with Crippen LogP contribution in [0.15, 0.2) is 42.5 Å². The van der Waals surface area contributed by atoms with Crippen LogP contribution in [0.3, 0.4) is 0 Å². The van der Waals surface area contributed by atoms with Gasteiger partial charge in [0.05, 0.1) is 6.61 Å². The Morgan fingerprint density at radius 3 is 2.39 bits per heavy atom. The predicted molar refractivity (Wildman–Crippen MR) is 93.2 cm³/mol. The summed E-state index contributed by atoms with van der Waals surface area (Å²) in [7, 11) is 7.51. The number of hydrogen-bond acceptors (Lipinski definition) is 3. The summed E-state index contributed by atoms with van der Waals surface area (Å²) in [5, 5.41) is 9.72. The minimum Gasteiger partial charge on any atom is -0.392 e. The molecule has 0 fully saturated rings. The number of carbonyl (C=O) groups is 1. The molecule has 4 heteroatoms. The van der Waals surface area contributed by atoms with Crippen molar-refractivity contribution in [3.05, 3.63) is 59.2 Å². The summed E-state index contributed by atoms with van der Waals surface area (Å²) in [6.07, 6.45) is 0. The van der Waals surface area contributed by atoms with Crippen LogP contribution in [0.1, 0.15) is 21.5 Å². The number of nitrogens with zero attached hydrogens (tertiary/aromatic N) is 2. The summed E-state index contributed by atoms with van der Waals surface area (Å²) in [5.74, 6) is -0.0263. The van der Waals surface area contributed by atoms with Crippen molar-refractivity contribution in [1.82, 2.24) is 9.80 Å². The number of hydrogen-bond donors (Lipinski definition) is 1. The third kappa shape index (κ3) is 4.18. The van der Waals surface area contributed by atoms with Crippen molar-refractivity contribution in [3.63, 3.8) is 0 Å². The van der Waals surface area contributed by atoms with Crippen LogP contribution >= 0.6 is 0 Å². The zero-order valence-corrected chi connectivity index (χ0v) is 14.2. The molecule has 0 aliphatic carbocycles. The van der Waals surface area contributed by atoms with Crippen molar-refractivity contribution in [1.29, 1.82) is 0 Å². The molecule has 0 aromatic heterocycles. The van der Waals surface area contributed by atoms with Gasteiger partial charge in [-0.05, 0) is 48.5 Å². The van der Waals surface area contributed by atoms with Crippen molar-refractivity contribution in [2.24, 2.45) is 0 Å². The zero-order chi connectivity index (χ0) is 17.0. The van der Waals surface area contributed by atoms with Gasteiger partial charge in [0.1, 0.15) is 0 Å². The normalized spacial score (nSPS) is 10.9. The summed E-state index contributed by atoms with van der Waals surface area (Å²) in [6.45, 7) is 0.800. The highest BCUT2D eigenvalue weighted by atomic mass is 16.3. The summed E-state index contributed by atoms with van der Waals surface area (Å²) in [4.78, 5) is 15.8. The highest BCUT2D eigenvalue weighted by molar-refractivity contribution is 5.95. The lowest BCUT2D eigenvalue weighted by Crippen LogP contribution is -2.21. The van der Waals surface area contributed by atoms with Gasteiger partial charge in [-0.2, -0.15) is 0 Å². The maximum Gasteiger partial charge on any atom is 0.253 e. The van der Waals surface area contributed by atoms with E-state index in [4.69, 9.17) is 0 Å². The smallest absolute Gasteiger partial charge is 0.253 e. The number of amides is 1. The minimum absolute atomic E-state index is 0.0253. The summed E-state index contributed by atoms with van der Waals surface area (Å²) in [6, 6.07) is 13.6. The second-order valence-corrected chi connectivity index (χ2v) is 6.17. The number of rotatable bonds is 5. The van der Waals surface area contributed by atoms with Crippen molar-refractivity contribution in [2.75, 3.05) is 28.2 Å².